The van der Waals surface area contributed by atoms with Crippen molar-refractivity contribution >= 4 is 17.5 Å². The third-order valence-corrected chi connectivity index (χ3v) is 4.64. The maximum Gasteiger partial charge on any atom is 0.226 e. The number of aromatic nitrogens is 2. The van der Waals surface area contributed by atoms with Crippen LogP contribution >= 0.6 is 11.6 Å². The first-order valence-corrected chi connectivity index (χ1v) is 8.37. The summed E-state index contributed by atoms with van der Waals surface area (Å²) in [6.45, 7) is 4.74. The van der Waals surface area contributed by atoms with E-state index in [1.54, 1.807) is 4.68 Å². The summed E-state index contributed by atoms with van der Waals surface area (Å²) in [5, 5.41) is 4.92. The summed E-state index contributed by atoms with van der Waals surface area (Å²) in [7, 11) is 1.89. The molecular weight excluding hydrogens is 310 g/mol. The van der Waals surface area contributed by atoms with Gasteiger partial charge in [-0.25, -0.2) is 0 Å². The lowest BCUT2D eigenvalue weighted by Crippen LogP contribution is -2.37. The molecule has 1 aromatic carbocycles. The van der Waals surface area contributed by atoms with Crippen LogP contribution in [0.25, 0.3) is 0 Å². The van der Waals surface area contributed by atoms with E-state index in [-0.39, 0.29) is 17.9 Å². The molecule has 1 amide bonds. The summed E-state index contributed by atoms with van der Waals surface area (Å²) in [5.41, 5.74) is 2.23. The number of aryl methyl sites for hydroxylation is 1. The van der Waals surface area contributed by atoms with Crippen molar-refractivity contribution in [3.05, 3.63) is 52.8 Å². The fourth-order valence-corrected chi connectivity index (χ4v) is 3.25. The van der Waals surface area contributed by atoms with Gasteiger partial charge >= 0.3 is 0 Å². The summed E-state index contributed by atoms with van der Waals surface area (Å²) in [4.78, 5) is 14.8. The highest BCUT2D eigenvalue weighted by Crippen LogP contribution is 2.49. The first-order chi connectivity index (χ1) is 11.0. The molecule has 0 aliphatic heterocycles. The van der Waals surface area contributed by atoms with Crippen molar-refractivity contribution in [1.29, 1.82) is 0 Å². The van der Waals surface area contributed by atoms with Gasteiger partial charge in [0.25, 0.3) is 0 Å². The SMILES string of the molecule is CC(C)N(Cc1cnn(C)c1)C(=O)[C@@H]1C[C@@H]1c1cccc(Cl)c1. The van der Waals surface area contributed by atoms with Crippen molar-refractivity contribution in [1.82, 2.24) is 14.7 Å². The lowest BCUT2D eigenvalue weighted by Gasteiger charge is -2.26. The Labute approximate surface area is 142 Å². The molecule has 2 atom stereocenters. The van der Waals surface area contributed by atoms with E-state index in [1.165, 1.54) is 5.56 Å². The van der Waals surface area contributed by atoms with Gasteiger partial charge < -0.3 is 4.90 Å². The summed E-state index contributed by atoms with van der Waals surface area (Å²) in [5.74, 6) is 0.609. The maximum absolute atomic E-state index is 12.9. The fourth-order valence-electron chi connectivity index (χ4n) is 3.05. The van der Waals surface area contributed by atoms with Crippen LogP contribution in [0.1, 0.15) is 37.3 Å². The van der Waals surface area contributed by atoms with Crippen molar-refractivity contribution in [2.45, 2.75) is 38.8 Å². The Morgan fingerprint density at radius 1 is 1.48 bits per heavy atom. The Morgan fingerprint density at radius 3 is 2.87 bits per heavy atom. The van der Waals surface area contributed by atoms with Gasteiger partial charge in [0.1, 0.15) is 0 Å². The number of rotatable bonds is 5. The molecule has 0 spiro atoms. The van der Waals surface area contributed by atoms with Crippen molar-refractivity contribution in [3.63, 3.8) is 0 Å². The van der Waals surface area contributed by atoms with E-state index in [2.05, 4.69) is 25.0 Å². The zero-order chi connectivity index (χ0) is 16.6. The average molecular weight is 332 g/mol. The van der Waals surface area contributed by atoms with Crippen LogP contribution in [0.15, 0.2) is 36.7 Å². The molecule has 0 bridgehead atoms. The van der Waals surface area contributed by atoms with E-state index in [4.69, 9.17) is 11.6 Å². The van der Waals surface area contributed by atoms with Crippen molar-refractivity contribution < 1.29 is 4.79 Å². The minimum absolute atomic E-state index is 0.0764. The van der Waals surface area contributed by atoms with E-state index in [0.717, 1.165) is 17.0 Å². The van der Waals surface area contributed by atoms with Gasteiger partial charge in [-0.2, -0.15) is 5.10 Å². The van der Waals surface area contributed by atoms with Crippen molar-refractivity contribution in [2.75, 3.05) is 0 Å². The van der Waals surface area contributed by atoms with Gasteiger partial charge in [0, 0.05) is 42.3 Å². The zero-order valence-corrected chi connectivity index (χ0v) is 14.5. The minimum Gasteiger partial charge on any atom is -0.336 e. The van der Waals surface area contributed by atoms with E-state index < -0.39 is 0 Å². The van der Waals surface area contributed by atoms with Crippen LogP contribution < -0.4 is 0 Å². The summed E-state index contributed by atoms with van der Waals surface area (Å²) in [6.07, 6.45) is 4.70. The summed E-state index contributed by atoms with van der Waals surface area (Å²) in [6, 6.07) is 8.02. The molecule has 0 N–H and O–H groups in total. The van der Waals surface area contributed by atoms with Crippen LogP contribution in [0.3, 0.4) is 0 Å². The molecule has 3 rings (SSSR count). The Kier molecular flexibility index (Phi) is 4.44. The van der Waals surface area contributed by atoms with E-state index in [1.807, 2.05) is 42.5 Å². The molecular formula is C18H22ClN3O. The average Bonchev–Trinajstić information content (AvgIpc) is 3.20. The number of amides is 1. The van der Waals surface area contributed by atoms with Crippen LogP contribution in [0.4, 0.5) is 0 Å². The first-order valence-electron chi connectivity index (χ1n) is 7.99. The molecule has 2 aromatic rings. The normalized spacial score (nSPS) is 19.9. The number of hydrogen-bond acceptors (Lipinski definition) is 2. The Hall–Kier alpha value is -1.81. The monoisotopic (exact) mass is 331 g/mol. The van der Waals surface area contributed by atoms with Crippen molar-refractivity contribution in [3.8, 4) is 0 Å². The van der Waals surface area contributed by atoms with Crippen LogP contribution in [0, 0.1) is 5.92 Å². The Balaban J connectivity index is 1.70. The molecule has 5 heteroatoms. The molecule has 0 saturated heterocycles. The van der Waals surface area contributed by atoms with Gasteiger partial charge in [-0.15, -0.1) is 0 Å². The maximum atomic E-state index is 12.9. The minimum atomic E-state index is 0.0764. The highest BCUT2D eigenvalue weighted by atomic mass is 35.5. The van der Waals surface area contributed by atoms with Gasteiger partial charge in [-0.3, -0.25) is 9.48 Å². The molecule has 1 aliphatic carbocycles. The smallest absolute Gasteiger partial charge is 0.226 e. The van der Waals surface area contributed by atoms with Gasteiger partial charge in [-0.1, -0.05) is 23.7 Å². The van der Waals surface area contributed by atoms with Gasteiger partial charge in [0.15, 0.2) is 0 Å². The number of hydrogen-bond donors (Lipinski definition) is 0. The van der Waals surface area contributed by atoms with Gasteiger partial charge in [0.05, 0.1) is 6.20 Å². The summed E-state index contributed by atoms with van der Waals surface area (Å²) >= 11 is 6.06. The van der Waals surface area contributed by atoms with Crippen LogP contribution in [0.2, 0.25) is 5.02 Å². The molecule has 0 radical (unpaired) electrons. The second-order valence-corrected chi connectivity index (χ2v) is 7.02. The molecule has 0 unspecified atom stereocenters. The molecule has 1 heterocycles. The molecule has 1 aliphatic rings. The highest BCUT2D eigenvalue weighted by Gasteiger charge is 2.46. The van der Waals surface area contributed by atoms with Crippen LogP contribution in [0.5, 0.6) is 0 Å². The molecule has 1 aromatic heterocycles. The highest BCUT2D eigenvalue weighted by molar-refractivity contribution is 6.30. The van der Waals surface area contributed by atoms with E-state index in [9.17, 15) is 4.79 Å². The lowest BCUT2D eigenvalue weighted by atomic mass is 10.1. The quantitative estimate of drug-likeness (QED) is 0.839. The molecule has 23 heavy (non-hydrogen) atoms. The first kappa shape index (κ1) is 16.1. The molecule has 122 valence electrons. The zero-order valence-electron chi connectivity index (χ0n) is 13.7. The third kappa shape index (κ3) is 3.58. The van der Waals surface area contributed by atoms with E-state index >= 15 is 0 Å². The topological polar surface area (TPSA) is 38.1 Å². The number of nitrogens with zero attached hydrogens (tertiary/aromatic N) is 3. The standard InChI is InChI=1S/C18H22ClN3O/c1-12(2)22(11-13-9-20-21(3)10-13)18(23)17-8-16(17)14-5-4-6-15(19)7-14/h4-7,9-10,12,16-17H,8,11H2,1-3H3/t16-,17-/m1/s1. The Bertz CT molecular complexity index is 710. The number of benzene rings is 1. The van der Waals surface area contributed by atoms with E-state index in [0.29, 0.717) is 12.5 Å². The summed E-state index contributed by atoms with van der Waals surface area (Å²) < 4.78 is 1.77. The lowest BCUT2D eigenvalue weighted by molar-refractivity contribution is -0.135. The third-order valence-electron chi connectivity index (χ3n) is 4.40. The second-order valence-electron chi connectivity index (χ2n) is 6.59. The van der Waals surface area contributed by atoms with Crippen LogP contribution in [-0.4, -0.2) is 26.6 Å². The predicted octanol–water partition coefficient (Wildman–Crippen LogP) is 3.61. The predicted molar refractivity (Wildman–Crippen MR) is 91.2 cm³/mol. The van der Waals surface area contributed by atoms with Crippen molar-refractivity contribution in [2.24, 2.45) is 13.0 Å². The van der Waals surface area contributed by atoms with Gasteiger partial charge in [-0.05, 0) is 43.9 Å². The van der Waals surface area contributed by atoms with Crippen LogP contribution in [-0.2, 0) is 18.4 Å². The largest absolute Gasteiger partial charge is 0.336 e. The molecule has 1 fully saturated rings. The molecule has 1 saturated carbocycles. The van der Waals surface area contributed by atoms with Gasteiger partial charge in [0.2, 0.25) is 5.91 Å². The fraction of sp³-hybridized carbons (Fsp3) is 0.444. The Morgan fingerprint density at radius 2 is 2.26 bits per heavy atom. The molecule has 4 nitrogen and oxygen atoms in total. The number of carbonyl (C=O) groups is 1. The second kappa shape index (κ2) is 6.36. The number of carbonyl (C=O) groups excluding carboxylic acids is 1. The number of halogens is 1.